The van der Waals surface area contributed by atoms with Gasteiger partial charge in [-0.05, 0) is 29.8 Å². The Balaban J connectivity index is 2.54. The summed E-state index contributed by atoms with van der Waals surface area (Å²) < 4.78 is 6.12. The molecule has 94 valence electrons. The van der Waals surface area contributed by atoms with Crippen LogP contribution in [0.1, 0.15) is 0 Å². The number of halogens is 1. The first-order chi connectivity index (χ1) is 8.65. The highest BCUT2D eigenvalue weighted by Gasteiger charge is 2.09. The zero-order chi connectivity index (χ0) is 13.1. The Morgan fingerprint density at radius 2 is 1.83 bits per heavy atom. The SMILES string of the molecule is CNc1c(N)cc(Br)cc1-c1ccc(OC)cc1. The van der Waals surface area contributed by atoms with E-state index in [0.717, 1.165) is 32.7 Å². The Morgan fingerprint density at radius 1 is 1.17 bits per heavy atom. The predicted octanol–water partition coefficient (Wildman–Crippen LogP) is 3.75. The molecule has 4 heteroatoms. The van der Waals surface area contributed by atoms with Gasteiger partial charge in [-0.3, -0.25) is 0 Å². The second kappa shape index (κ2) is 5.31. The Hall–Kier alpha value is -1.68. The number of rotatable bonds is 3. The van der Waals surface area contributed by atoms with Crippen LogP contribution in [0.3, 0.4) is 0 Å². The van der Waals surface area contributed by atoms with Gasteiger partial charge in [-0.1, -0.05) is 28.1 Å². The topological polar surface area (TPSA) is 47.3 Å². The summed E-state index contributed by atoms with van der Waals surface area (Å²) >= 11 is 3.47. The summed E-state index contributed by atoms with van der Waals surface area (Å²) in [4.78, 5) is 0. The van der Waals surface area contributed by atoms with Crippen molar-refractivity contribution in [3.05, 3.63) is 40.9 Å². The number of nitrogen functional groups attached to an aromatic ring is 1. The van der Waals surface area contributed by atoms with E-state index >= 15 is 0 Å². The molecule has 0 aromatic heterocycles. The van der Waals surface area contributed by atoms with Crippen LogP contribution in [-0.2, 0) is 0 Å². The summed E-state index contributed by atoms with van der Waals surface area (Å²) in [5.74, 6) is 0.840. The van der Waals surface area contributed by atoms with Gasteiger partial charge in [0, 0.05) is 17.1 Å². The number of nitrogens with two attached hydrogens (primary N) is 1. The van der Waals surface area contributed by atoms with E-state index in [0.29, 0.717) is 0 Å². The summed E-state index contributed by atoms with van der Waals surface area (Å²) in [7, 11) is 3.53. The summed E-state index contributed by atoms with van der Waals surface area (Å²) in [5.41, 5.74) is 9.82. The summed E-state index contributed by atoms with van der Waals surface area (Å²) in [6, 6.07) is 11.8. The van der Waals surface area contributed by atoms with E-state index < -0.39 is 0 Å². The molecule has 0 fully saturated rings. The summed E-state index contributed by atoms with van der Waals surface area (Å²) in [6.45, 7) is 0. The average Bonchev–Trinajstić information content (AvgIpc) is 2.38. The lowest BCUT2D eigenvalue weighted by Gasteiger charge is -2.13. The zero-order valence-electron chi connectivity index (χ0n) is 10.3. The molecule has 0 bridgehead atoms. The molecule has 0 radical (unpaired) electrons. The van der Waals surface area contributed by atoms with Gasteiger partial charge in [0.15, 0.2) is 0 Å². The van der Waals surface area contributed by atoms with Crippen molar-refractivity contribution in [3.63, 3.8) is 0 Å². The minimum Gasteiger partial charge on any atom is -0.497 e. The van der Waals surface area contributed by atoms with Crippen LogP contribution >= 0.6 is 15.9 Å². The lowest BCUT2D eigenvalue weighted by molar-refractivity contribution is 0.415. The average molecular weight is 307 g/mol. The van der Waals surface area contributed by atoms with Crippen LogP contribution in [0.4, 0.5) is 11.4 Å². The third kappa shape index (κ3) is 2.43. The van der Waals surface area contributed by atoms with Crippen molar-refractivity contribution in [1.82, 2.24) is 0 Å². The lowest BCUT2D eigenvalue weighted by Crippen LogP contribution is -1.98. The maximum absolute atomic E-state index is 6.01. The number of hydrogen-bond acceptors (Lipinski definition) is 3. The molecule has 0 aliphatic carbocycles. The van der Waals surface area contributed by atoms with Gasteiger partial charge in [-0.15, -0.1) is 0 Å². The molecule has 2 rings (SSSR count). The molecule has 0 aliphatic heterocycles. The van der Waals surface area contributed by atoms with Crippen molar-refractivity contribution in [2.24, 2.45) is 0 Å². The fourth-order valence-corrected chi connectivity index (χ4v) is 2.38. The fourth-order valence-electron chi connectivity index (χ4n) is 1.91. The summed E-state index contributed by atoms with van der Waals surface area (Å²) in [5, 5.41) is 3.14. The van der Waals surface area contributed by atoms with Crippen LogP contribution in [-0.4, -0.2) is 14.2 Å². The van der Waals surface area contributed by atoms with E-state index in [4.69, 9.17) is 10.5 Å². The predicted molar refractivity (Wildman–Crippen MR) is 80.1 cm³/mol. The quantitative estimate of drug-likeness (QED) is 0.849. The second-order valence-electron chi connectivity index (χ2n) is 3.90. The van der Waals surface area contributed by atoms with Gasteiger partial charge < -0.3 is 15.8 Å². The van der Waals surface area contributed by atoms with Crippen LogP contribution < -0.4 is 15.8 Å². The first-order valence-corrected chi connectivity index (χ1v) is 6.36. The fraction of sp³-hybridized carbons (Fsp3) is 0.143. The van der Waals surface area contributed by atoms with E-state index in [9.17, 15) is 0 Å². The van der Waals surface area contributed by atoms with Gasteiger partial charge >= 0.3 is 0 Å². The van der Waals surface area contributed by atoms with Crippen molar-refractivity contribution in [1.29, 1.82) is 0 Å². The van der Waals surface area contributed by atoms with Gasteiger partial charge in [-0.2, -0.15) is 0 Å². The third-order valence-electron chi connectivity index (χ3n) is 2.78. The van der Waals surface area contributed by atoms with E-state index in [1.54, 1.807) is 7.11 Å². The highest BCUT2D eigenvalue weighted by Crippen LogP contribution is 2.36. The first kappa shape index (κ1) is 12.8. The molecule has 0 aliphatic rings. The van der Waals surface area contributed by atoms with E-state index in [1.165, 1.54) is 0 Å². The number of nitrogens with one attached hydrogen (secondary N) is 1. The lowest BCUT2D eigenvalue weighted by atomic mass is 10.0. The van der Waals surface area contributed by atoms with Crippen molar-refractivity contribution >= 4 is 27.3 Å². The van der Waals surface area contributed by atoms with Crippen molar-refractivity contribution in [3.8, 4) is 16.9 Å². The Morgan fingerprint density at radius 3 is 2.39 bits per heavy atom. The monoisotopic (exact) mass is 306 g/mol. The Labute approximate surface area is 115 Å². The molecule has 0 heterocycles. The molecule has 0 spiro atoms. The van der Waals surface area contributed by atoms with E-state index in [2.05, 4.69) is 21.2 Å². The Bertz CT molecular complexity index is 552. The maximum Gasteiger partial charge on any atom is 0.118 e. The van der Waals surface area contributed by atoms with Gasteiger partial charge in [0.2, 0.25) is 0 Å². The smallest absolute Gasteiger partial charge is 0.118 e. The molecule has 0 saturated heterocycles. The van der Waals surface area contributed by atoms with Crippen molar-refractivity contribution in [2.45, 2.75) is 0 Å². The minimum absolute atomic E-state index is 0.720. The molecule has 0 saturated carbocycles. The first-order valence-electron chi connectivity index (χ1n) is 5.57. The number of ether oxygens (including phenoxy) is 1. The van der Waals surface area contributed by atoms with Gasteiger partial charge in [0.05, 0.1) is 18.5 Å². The molecule has 18 heavy (non-hydrogen) atoms. The van der Waals surface area contributed by atoms with E-state index in [-0.39, 0.29) is 0 Å². The molecule has 3 nitrogen and oxygen atoms in total. The van der Waals surface area contributed by atoms with Crippen LogP contribution in [0, 0.1) is 0 Å². The Kier molecular flexibility index (Phi) is 3.77. The number of hydrogen-bond donors (Lipinski definition) is 2. The van der Waals surface area contributed by atoms with Crippen molar-refractivity contribution in [2.75, 3.05) is 25.2 Å². The molecule has 0 atom stereocenters. The van der Waals surface area contributed by atoms with Crippen LogP contribution in [0.5, 0.6) is 5.75 Å². The largest absolute Gasteiger partial charge is 0.497 e. The standard InChI is InChI=1S/C14H15BrN2O/c1-17-14-12(7-10(15)8-13(14)16)9-3-5-11(18-2)6-4-9/h3-8,17H,16H2,1-2H3. The number of benzene rings is 2. The number of methoxy groups -OCH3 is 1. The van der Waals surface area contributed by atoms with Gasteiger partial charge in [0.1, 0.15) is 5.75 Å². The molecular formula is C14H15BrN2O. The minimum atomic E-state index is 0.720. The molecular weight excluding hydrogens is 292 g/mol. The summed E-state index contributed by atoms with van der Waals surface area (Å²) in [6.07, 6.45) is 0. The molecule has 2 aromatic rings. The van der Waals surface area contributed by atoms with Crippen LogP contribution in [0.15, 0.2) is 40.9 Å². The normalized spacial score (nSPS) is 10.2. The van der Waals surface area contributed by atoms with Gasteiger partial charge in [-0.25, -0.2) is 0 Å². The van der Waals surface area contributed by atoms with Crippen LogP contribution in [0.25, 0.3) is 11.1 Å². The van der Waals surface area contributed by atoms with E-state index in [1.807, 2.05) is 43.4 Å². The van der Waals surface area contributed by atoms with Crippen LogP contribution in [0.2, 0.25) is 0 Å². The second-order valence-corrected chi connectivity index (χ2v) is 4.81. The molecule has 2 aromatic carbocycles. The molecule has 3 N–H and O–H groups in total. The molecule has 0 unspecified atom stereocenters. The number of anilines is 2. The van der Waals surface area contributed by atoms with Gasteiger partial charge in [0.25, 0.3) is 0 Å². The highest BCUT2D eigenvalue weighted by molar-refractivity contribution is 9.10. The maximum atomic E-state index is 6.01. The third-order valence-corrected chi connectivity index (χ3v) is 3.24. The highest BCUT2D eigenvalue weighted by atomic mass is 79.9. The zero-order valence-corrected chi connectivity index (χ0v) is 11.9. The van der Waals surface area contributed by atoms with Crippen molar-refractivity contribution < 1.29 is 4.74 Å². The molecule has 0 amide bonds.